The van der Waals surface area contributed by atoms with Crippen LogP contribution >= 0.6 is 0 Å². The molecule has 2 aromatic carbocycles. The fourth-order valence-electron chi connectivity index (χ4n) is 2.02. The van der Waals surface area contributed by atoms with Gasteiger partial charge in [-0.2, -0.15) is 0 Å². The Morgan fingerprint density at radius 3 is 2.65 bits per heavy atom. The Kier molecular flexibility index (Phi) is 6.78. The summed E-state index contributed by atoms with van der Waals surface area (Å²) in [6.45, 7) is 4.52. The van der Waals surface area contributed by atoms with Crippen LogP contribution in [-0.2, 0) is 6.54 Å². The van der Waals surface area contributed by atoms with Crippen LogP contribution < -0.4 is 15.4 Å². The largest absolute Gasteiger partial charge is 0.508 e. The molecule has 0 atom stereocenters. The molecule has 0 spiro atoms. The molecular formula is C18H23N3O2. The van der Waals surface area contributed by atoms with E-state index in [2.05, 4.69) is 15.6 Å². The Bertz CT molecular complexity index is 615. The number of hydrogen-bond acceptors (Lipinski definition) is 3. The Morgan fingerprint density at radius 1 is 1.09 bits per heavy atom. The second-order valence-corrected chi connectivity index (χ2v) is 4.95. The molecule has 0 bridgehead atoms. The summed E-state index contributed by atoms with van der Waals surface area (Å²) in [4.78, 5) is 4.50. The molecule has 0 aromatic heterocycles. The number of para-hydroxylation sites is 1. The highest BCUT2D eigenvalue weighted by atomic mass is 16.5. The predicted octanol–water partition coefficient (Wildman–Crippen LogP) is 2.53. The molecule has 0 aliphatic heterocycles. The van der Waals surface area contributed by atoms with Crippen molar-refractivity contribution in [3.05, 3.63) is 60.2 Å². The van der Waals surface area contributed by atoms with Gasteiger partial charge in [-0.15, -0.1) is 0 Å². The number of nitrogens with one attached hydrogen (secondary N) is 2. The molecule has 0 radical (unpaired) electrons. The summed E-state index contributed by atoms with van der Waals surface area (Å²) in [6, 6.07) is 16.8. The van der Waals surface area contributed by atoms with Crippen LogP contribution in [0.5, 0.6) is 11.5 Å². The fraction of sp³-hybridized carbons (Fsp3) is 0.278. The summed E-state index contributed by atoms with van der Waals surface area (Å²) >= 11 is 0. The standard InChI is InChI=1S/C18H23N3O2/c1-2-19-18(21-14-15-7-6-8-16(22)13-15)20-11-12-23-17-9-4-3-5-10-17/h3-10,13,22H,2,11-12,14H2,1H3,(H2,19,20,21). The normalized spacial score (nSPS) is 11.1. The lowest BCUT2D eigenvalue weighted by molar-refractivity contribution is 0.322. The number of phenolic OH excluding ortho intramolecular Hbond substituents is 1. The monoisotopic (exact) mass is 313 g/mol. The number of phenols is 1. The highest BCUT2D eigenvalue weighted by Gasteiger charge is 1.99. The predicted molar refractivity (Wildman–Crippen MR) is 92.9 cm³/mol. The first kappa shape index (κ1) is 16.7. The van der Waals surface area contributed by atoms with Crippen LogP contribution in [0, 0.1) is 0 Å². The van der Waals surface area contributed by atoms with Crippen LogP contribution in [0.15, 0.2) is 59.6 Å². The van der Waals surface area contributed by atoms with Gasteiger partial charge in [-0.3, -0.25) is 0 Å². The second-order valence-electron chi connectivity index (χ2n) is 4.95. The molecule has 0 fully saturated rings. The average molecular weight is 313 g/mol. The molecule has 122 valence electrons. The molecule has 0 aliphatic carbocycles. The maximum atomic E-state index is 9.47. The minimum Gasteiger partial charge on any atom is -0.508 e. The van der Waals surface area contributed by atoms with Gasteiger partial charge in [0.05, 0.1) is 13.1 Å². The SMILES string of the molecule is CCNC(=NCc1cccc(O)c1)NCCOc1ccccc1. The first-order valence-electron chi connectivity index (χ1n) is 7.76. The van der Waals surface area contributed by atoms with E-state index in [-0.39, 0.29) is 5.75 Å². The maximum absolute atomic E-state index is 9.47. The number of benzene rings is 2. The molecule has 0 aliphatic rings. The van der Waals surface area contributed by atoms with E-state index in [1.54, 1.807) is 12.1 Å². The van der Waals surface area contributed by atoms with Gasteiger partial charge in [0.15, 0.2) is 5.96 Å². The van der Waals surface area contributed by atoms with Gasteiger partial charge in [-0.1, -0.05) is 30.3 Å². The molecule has 2 rings (SSSR count). The number of rotatable bonds is 7. The first-order valence-corrected chi connectivity index (χ1v) is 7.76. The Morgan fingerprint density at radius 2 is 1.91 bits per heavy atom. The van der Waals surface area contributed by atoms with Crippen LogP contribution in [-0.4, -0.2) is 30.8 Å². The molecule has 0 heterocycles. The van der Waals surface area contributed by atoms with Crippen LogP contribution in [0.2, 0.25) is 0 Å². The lowest BCUT2D eigenvalue weighted by atomic mass is 10.2. The third kappa shape index (κ3) is 6.30. The fourth-order valence-corrected chi connectivity index (χ4v) is 2.02. The number of hydrogen-bond donors (Lipinski definition) is 3. The van der Waals surface area contributed by atoms with E-state index >= 15 is 0 Å². The Labute approximate surface area is 137 Å². The highest BCUT2D eigenvalue weighted by Crippen LogP contribution is 2.11. The van der Waals surface area contributed by atoms with Crippen molar-refractivity contribution < 1.29 is 9.84 Å². The maximum Gasteiger partial charge on any atom is 0.191 e. The van der Waals surface area contributed by atoms with Crippen molar-refractivity contribution >= 4 is 5.96 Å². The zero-order valence-corrected chi connectivity index (χ0v) is 13.3. The highest BCUT2D eigenvalue weighted by molar-refractivity contribution is 5.79. The molecule has 5 nitrogen and oxygen atoms in total. The van der Waals surface area contributed by atoms with Gasteiger partial charge in [0.1, 0.15) is 18.1 Å². The summed E-state index contributed by atoms with van der Waals surface area (Å²) in [5.41, 5.74) is 0.961. The lowest BCUT2D eigenvalue weighted by Gasteiger charge is -2.12. The number of guanidine groups is 1. The van der Waals surface area contributed by atoms with Crippen LogP contribution in [0.1, 0.15) is 12.5 Å². The quantitative estimate of drug-likeness (QED) is 0.417. The number of aliphatic imine (C=N–C) groups is 1. The van der Waals surface area contributed by atoms with Crippen LogP contribution in [0.25, 0.3) is 0 Å². The average Bonchev–Trinajstić information content (AvgIpc) is 2.57. The van der Waals surface area contributed by atoms with E-state index in [4.69, 9.17) is 4.74 Å². The zero-order chi connectivity index (χ0) is 16.3. The Balaban J connectivity index is 1.79. The molecule has 23 heavy (non-hydrogen) atoms. The molecular weight excluding hydrogens is 290 g/mol. The number of ether oxygens (including phenoxy) is 1. The first-order chi connectivity index (χ1) is 11.3. The van der Waals surface area contributed by atoms with Crippen molar-refractivity contribution in [2.24, 2.45) is 4.99 Å². The van der Waals surface area contributed by atoms with Crippen molar-refractivity contribution in [1.82, 2.24) is 10.6 Å². The van der Waals surface area contributed by atoms with Crippen molar-refractivity contribution in [3.63, 3.8) is 0 Å². The lowest BCUT2D eigenvalue weighted by Crippen LogP contribution is -2.39. The van der Waals surface area contributed by atoms with Crippen molar-refractivity contribution in [3.8, 4) is 11.5 Å². The van der Waals surface area contributed by atoms with Gasteiger partial charge in [0.2, 0.25) is 0 Å². The number of aromatic hydroxyl groups is 1. The summed E-state index contributed by atoms with van der Waals surface area (Å²) < 4.78 is 5.63. The number of nitrogens with zero attached hydrogens (tertiary/aromatic N) is 1. The Hall–Kier alpha value is -2.69. The van der Waals surface area contributed by atoms with Gasteiger partial charge in [0, 0.05) is 6.54 Å². The molecule has 0 unspecified atom stereocenters. The molecule has 0 saturated carbocycles. The third-order valence-corrected chi connectivity index (χ3v) is 3.08. The minimum atomic E-state index is 0.256. The van der Waals surface area contributed by atoms with E-state index in [1.165, 1.54) is 0 Å². The van der Waals surface area contributed by atoms with E-state index in [0.29, 0.717) is 19.7 Å². The van der Waals surface area contributed by atoms with Crippen molar-refractivity contribution in [2.45, 2.75) is 13.5 Å². The topological polar surface area (TPSA) is 65.9 Å². The molecule has 0 saturated heterocycles. The van der Waals surface area contributed by atoms with Crippen LogP contribution in [0.4, 0.5) is 0 Å². The van der Waals surface area contributed by atoms with Crippen LogP contribution in [0.3, 0.4) is 0 Å². The van der Waals surface area contributed by atoms with Gasteiger partial charge in [0.25, 0.3) is 0 Å². The molecule has 2 aromatic rings. The van der Waals surface area contributed by atoms with Gasteiger partial charge in [-0.05, 0) is 36.8 Å². The summed E-state index contributed by atoms with van der Waals surface area (Å²) in [5.74, 6) is 1.84. The molecule has 5 heteroatoms. The zero-order valence-electron chi connectivity index (χ0n) is 13.3. The van der Waals surface area contributed by atoms with Gasteiger partial charge < -0.3 is 20.5 Å². The summed E-state index contributed by atoms with van der Waals surface area (Å²) in [6.07, 6.45) is 0. The van der Waals surface area contributed by atoms with Crippen molar-refractivity contribution in [2.75, 3.05) is 19.7 Å². The van der Waals surface area contributed by atoms with E-state index in [9.17, 15) is 5.11 Å². The summed E-state index contributed by atoms with van der Waals surface area (Å²) in [7, 11) is 0. The third-order valence-electron chi connectivity index (χ3n) is 3.08. The smallest absolute Gasteiger partial charge is 0.191 e. The van der Waals surface area contributed by atoms with Gasteiger partial charge >= 0.3 is 0 Å². The van der Waals surface area contributed by atoms with E-state index in [0.717, 1.165) is 23.8 Å². The minimum absolute atomic E-state index is 0.256. The second kappa shape index (κ2) is 9.35. The van der Waals surface area contributed by atoms with E-state index < -0.39 is 0 Å². The molecule has 3 N–H and O–H groups in total. The summed E-state index contributed by atoms with van der Waals surface area (Å²) in [5, 5.41) is 15.9. The van der Waals surface area contributed by atoms with Crippen molar-refractivity contribution in [1.29, 1.82) is 0 Å². The molecule has 0 amide bonds. The van der Waals surface area contributed by atoms with E-state index in [1.807, 2.05) is 49.4 Å². The van der Waals surface area contributed by atoms with Gasteiger partial charge in [-0.25, -0.2) is 4.99 Å².